The van der Waals surface area contributed by atoms with Crippen LogP contribution in [0.25, 0.3) is 6.08 Å². The lowest BCUT2D eigenvalue weighted by molar-refractivity contribution is 0.0943. The van der Waals surface area contributed by atoms with Gasteiger partial charge in [-0.2, -0.15) is 0 Å². The molecule has 0 spiro atoms. The van der Waals surface area contributed by atoms with Crippen molar-refractivity contribution >= 4 is 23.1 Å². The van der Waals surface area contributed by atoms with Crippen molar-refractivity contribution in [3.05, 3.63) is 33.7 Å². The van der Waals surface area contributed by atoms with Gasteiger partial charge in [0.1, 0.15) is 5.75 Å². The maximum Gasteiger partial charge on any atom is 0.300 e. The summed E-state index contributed by atoms with van der Waals surface area (Å²) in [4.78, 5) is 12.9. The zero-order valence-corrected chi connectivity index (χ0v) is 14.9. The average Bonchev–Trinajstić information content (AvgIpc) is 2.73. The molecule has 1 aliphatic rings. The van der Waals surface area contributed by atoms with Crippen molar-refractivity contribution < 1.29 is 9.90 Å². The quantitative estimate of drug-likeness (QED) is 0.895. The van der Waals surface area contributed by atoms with Crippen LogP contribution in [0.2, 0.25) is 0 Å². The van der Waals surface area contributed by atoms with Crippen LogP contribution in [0.3, 0.4) is 0 Å². The highest BCUT2D eigenvalue weighted by Crippen LogP contribution is 2.36. The van der Waals surface area contributed by atoms with Crippen molar-refractivity contribution in [1.29, 1.82) is 0 Å². The number of phenolic OH excluding ortho intramolecular Hbond substituents is 1. The Hall–Kier alpha value is -1.46. The van der Waals surface area contributed by atoms with E-state index in [2.05, 4.69) is 20.8 Å². The van der Waals surface area contributed by atoms with E-state index in [0.717, 1.165) is 21.6 Å². The zero-order valence-electron chi connectivity index (χ0n) is 14.1. The zero-order chi connectivity index (χ0) is 16.7. The predicted octanol–water partition coefficient (Wildman–Crippen LogP) is 3.98. The third kappa shape index (κ3) is 3.47. The summed E-state index contributed by atoms with van der Waals surface area (Å²) < 4.78 is 0. The maximum absolute atomic E-state index is 11.9. The molecule has 4 nitrogen and oxygen atoms in total. The number of carbonyl (C=O) groups excluding carboxylic acids is 1. The van der Waals surface area contributed by atoms with E-state index in [4.69, 9.17) is 0 Å². The molecular formula is C17H24N2O2S. The Morgan fingerprint density at radius 1 is 1.32 bits per heavy atom. The Kier molecular flexibility index (Phi) is 4.59. The molecule has 1 N–H and O–H groups in total. The molecule has 1 amide bonds. The van der Waals surface area contributed by atoms with Crippen LogP contribution < -0.4 is 0 Å². The molecule has 1 aromatic rings. The molecule has 120 valence electrons. The van der Waals surface area contributed by atoms with Crippen LogP contribution in [0.1, 0.15) is 37.5 Å². The first kappa shape index (κ1) is 16.9. The van der Waals surface area contributed by atoms with Crippen LogP contribution in [0, 0.1) is 6.92 Å². The first-order valence-electron chi connectivity index (χ1n) is 7.31. The van der Waals surface area contributed by atoms with E-state index in [9.17, 15) is 9.90 Å². The highest BCUT2D eigenvalue weighted by molar-refractivity contribution is 8.17. The normalized spacial score (nSPS) is 17.9. The number of benzene rings is 1. The smallest absolute Gasteiger partial charge is 0.300 e. The molecule has 0 atom stereocenters. The molecule has 5 heteroatoms. The summed E-state index contributed by atoms with van der Waals surface area (Å²) in [6, 6.07) is 3.97. The predicted molar refractivity (Wildman–Crippen MR) is 92.9 cm³/mol. The minimum absolute atomic E-state index is 0.0443. The minimum atomic E-state index is -0.127. The molecule has 0 radical (unpaired) electrons. The molecule has 0 unspecified atom stereocenters. The number of amides is 1. The van der Waals surface area contributed by atoms with Crippen molar-refractivity contribution in [2.45, 2.75) is 33.1 Å². The number of aryl methyl sites for hydroxylation is 1. The maximum atomic E-state index is 11.9. The number of thioether (sulfide) groups is 1. The van der Waals surface area contributed by atoms with Gasteiger partial charge < -0.3 is 5.11 Å². The molecular weight excluding hydrogens is 296 g/mol. The van der Waals surface area contributed by atoms with Gasteiger partial charge in [-0.1, -0.05) is 20.8 Å². The van der Waals surface area contributed by atoms with Gasteiger partial charge in [-0.25, -0.2) is 5.01 Å². The standard InChI is InChI=1S/C17H24N2O2S/c1-11-7-12(9-14(15(11)20)17(2,3)4)8-13-10-19(18(5)6)16(21)22-13/h7-9,20H,10H2,1-6H3. The Morgan fingerprint density at radius 3 is 2.45 bits per heavy atom. The number of hydrogen-bond donors (Lipinski definition) is 1. The molecule has 1 aliphatic heterocycles. The van der Waals surface area contributed by atoms with E-state index in [-0.39, 0.29) is 10.7 Å². The number of hydrogen-bond acceptors (Lipinski definition) is 4. The molecule has 1 fully saturated rings. The number of nitrogens with zero attached hydrogens (tertiary/aromatic N) is 2. The largest absolute Gasteiger partial charge is 0.507 e. The average molecular weight is 320 g/mol. The Balaban J connectivity index is 2.37. The van der Waals surface area contributed by atoms with Crippen LogP contribution in [0.4, 0.5) is 4.79 Å². The van der Waals surface area contributed by atoms with Crippen molar-refractivity contribution in [2.75, 3.05) is 20.6 Å². The van der Waals surface area contributed by atoms with Gasteiger partial charge in [0.15, 0.2) is 0 Å². The van der Waals surface area contributed by atoms with E-state index < -0.39 is 0 Å². The number of rotatable bonds is 2. The molecule has 1 aromatic carbocycles. The van der Waals surface area contributed by atoms with Crippen LogP contribution in [-0.2, 0) is 5.41 Å². The van der Waals surface area contributed by atoms with Crippen molar-refractivity contribution in [2.24, 2.45) is 0 Å². The van der Waals surface area contributed by atoms with Gasteiger partial charge in [-0.3, -0.25) is 9.80 Å². The molecule has 2 rings (SSSR count). The van der Waals surface area contributed by atoms with Crippen LogP contribution in [0.5, 0.6) is 5.75 Å². The summed E-state index contributed by atoms with van der Waals surface area (Å²) in [5.74, 6) is 0.361. The van der Waals surface area contributed by atoms with Gasteiger partial charge >= 0.3 is 5.24 Å². The minimum Gasteiger partial charge on any atom is -0.507 e. The highest BCUT2D eigenvalue weighted by Gasteiger charge is 2.27. The molecule has 0 aromatic heterocycles. The molecule has 1 heterocycles. The second-order valence-electron chi connectivity index (χ2n) is 6.87. The second-order valence-corrected chi connectivity index (χ2v) is 7.95. The summed E-state index contributed by atoms with van der Waals surface area (Å²) in [5.41, 5.74) is 2.69. The van der Waals surface area contributed by atoms with E-state index in [1.54, 1.807) is 10.0 Å². The molecule has 1 saturated heterocycles. The molecule has 0 saturated carbocycles. The van der Waals surface area contributed by atoms with Gasteiger partial charge in [0, 0.05) is 24.6 Å². The summed E-state index contributed by atoms with van der Waals surface area (Å²) >= 11 is 1.26. The lowest BCUT2D eigenvalue weighted by Crippen LogP contribution is -2.36. The summed E-state index contributed by atoms with van der Waals surface area (Å²) in [6.45, 7) is 8.76. The highest BCUT2D eigenvalue weighted by atomic mass is 32.2. The fraction of sp³-hybridized carbons (Fsp3) is 0.471. The lowest BCUT2D eigenvalue weighted by atomic mass is 9.84. The fourth-order valence-electron chi connectivity index (χ4n) is 2.44. The number of carbonyl (C=O) groups is 1. The Morgan fingerprint density at radius 2 is 1.95 bits per heavy atom. The van der Waals surface area contributed by atoms with E-state index >= 15 is 0 Å². The summed E-state index contributed by atoms with van der Waals surface area (Å²) in [6.07, 6.45) is 2.04. The third-order valence-corrected chi connectivity index (χ3v) is 4.57. The molecule has 22 heavy (non-hydrogen) atoms. The van der Waals surface area contributed by atoms with E-state index in [1.165, 1.54) is 11.8 Å². The Labute approximate surface area is 136 Å². The van der Waals surface area contributed by atoms with Crippen LogP contribution >= 0.6 is 11.8 Å². The van der Waals surface area contributed by atoms with Crippen molar-refractivity contribution in [3.8, 4) is 5.75 Å². The number of hydrazine groups is 1. The first-order chi connectivity index (χ1) is 10.1. The van der Waals surface area contributed by atoms with Gasteiger partial charge in [0.2, 0.25) is 0 Å². The Bertz CT molecular complexity index is 630. The second kappa shape index (κ2) is 5.97. The third-order valence-electron chi connectivity index (χ3n) is 3.68. The van der Waals surface area contributed by atoms with Gasteiger partial charge in [-0.15, -0.1) is 0 Å². The van der Waals surface area contributed by atoms with Crippen LogP contribution in [0.15, 0.2) is 17.0 Å². The molecule has 0 bridgehead atoms. The van der Waals surface area contributed by atoms with Crippen molar-refractivity contribution in [3.63, 3.8) is 0 Å². The van der Waals surface area contributed by atoms with Crippen molar-refractivity contribution in [1.82, 2.24) is 10.0 Å². The van der Waals surface area contributed by atoms with Gasteiger partial charge in [0.05, 0.1) is 6.54 Å². The van der Waals surface area contributed by atoms with Crippen LogP contribution in [-0.4, -0.2) is 41.0 Å². The monoisotopic (exact) mass is 320 g/mol. The summed E-state index contributed by atoms with van der Waals surface area (Å²) in [5, 5.41) is 13.8. The van der Waals surface area contributed by atoms with Gasteiger partial charge in [-0.05, 0) is 53.4 Å². The lowest BCUT2D eigenvalue weighted by Gasteiger charge is -2.22. The first-order valence-corrected chi connectivity index (χ1v) is 8.12. The molecule has 0 aliphatic carbocycles. The van der Waals surface area contributed by atoms with E-state index in [0.29, 0.717) is 12.3 Å². The van der Waals surface area contributed by atoms with E-state index in [1.807, 2.05) is 39.2 Å². The fourth-order valence-corrected chi connectivity index (χ4v) is 3.38. The topological polar surface area (TPSA) is 43.8 Å². The SMILES string of the molecule is Cc1cc(C=C2CN(N(C)C)C(=O)S2)cc(C(C)(C)C)c1O. The van der Waals surface area contributed by atoms with Gasteiger partial charge in [0.25, 0.3) is 0 Å². The number of aromatic hydroxyl groups is 1. The number of phenols is 1. The summed E-state index contributed by atoms with van der Waals surface area (Å²) in [7, 11) is 3.73.